The van der Waals surface area contributed by atoms with E-state index in [0.29, 0.717) is 0 Å². The van der Waals surface area contributed by atoms with Crippen molar-refractivity contribution in [2.24, 2.45) is 0 Å². The predicted molar refractivity (Wildman–Crippen MR) is 74.4 cm³/mol. The molecule has 0 spiro atoms. The van der Waals surface area contributed by atoms with Crippen LogP contribution in [0.4, 0.5) is 5.82 Å². The number of rotatable bonds is 8. The van der Waals surface area contributed by atoms with Gasteiger partial charge in [0.05, 0.1) is 5.69 Å². The first-order valence-electron chi connectivity index (χ1n) is 6.73. The van der Waals surface area contributed by atoms with Crippen molar-refractivity contribution in [3.8, 4) is 0 Å². The van der Waals surface area contributed by atoms with Crippen LogP contribution in [0, 0.1) is 0 Å². The third-order valence-corrected chi connectivity index (χ3v) is 2.84. The Morgan fingerprint density at radius 3 is 2.71 bits per heavy atom. The minimum atomic E-state index is 0.857. The highest BCUT2D eigenvalue weighted by Crippen LogP contribution is 2.12. The van der Waals surface area contributed by atoms with Crippen molar-refractivity contribution in [2.75, 3.05) is 24.5 Å². The summed E-state index contributed by atoms with van der Waals surface area (Å²) in [5.74, 6) is 1.11. The average molecular weight is 235 g/mol. The topological polar surface area (TPSA) is 28.2 Å². The summed E-state index contributed by atoms with van der Waals surface area (Å²) >= 11 is 0. The first-order chi connectivity index (χ1) is 8.31. The van der Waals surface area contributed by atoms with Gasteiger partial charge >= 0.3 is 0 Å². The van der Waals surface area contributed by atoms with Gasteiger partial charge in [0.1, 0.15) is 5.82 Å². The molecule has 1 aromatic rings. The Morgan fingerprint density at radius 1 is 1.24 bits per heavy atom. The molecule has 96 valence electrons. The predicted octanol–water partition coefficient (Wildman–Crippen LogP) is 2.82. The highest BCUT2D eigenvalue weighted by atomic mass is 15.2. The molecule has 0 aliphatic heterocycles. The van der Waals surface area contributed by atoms with E-state index in [-0.39, 0.29) is 0 Å². The van der Waals surface area contributed by atoms with Gasteiger partial charge < -0.3 is 10.2 Å². The molecule has 0 saturated carbocycles. The minimum Gasteiger partial charge on any atom is -0.357 e. The molecule has 17 heavy (non-hydrogen) atoms. The van der Waals surface area contributed by atoms with E-state index in [1.54, 1.807) is 0 Å². The fraction of sp³-hybridized carbons (Fsp3) is 0.643. The van der Waals surface area contributed by atoms with E-state index >= 15 is 0 Å². The van der Waals surface area contributed by atoms with Crippen molar-refractivity contribution in [1.29, 1.82) is 0 Å². The summed E-state index contributed by atoms with van der Waals surface area (Å²) in [6.45, 7) is 10.5. The maximum atomic E-state index is 4.70. The normalized spacial score (nSPS) is 10.5. The molecule has 1 N–H and O–H groups in total. The number of hydrogen-bond donors (Lipinski definition) is 1. The monoisotopic (exact) mass is 235 g/mol. The number of nitrogens with zero attached hydrogens (tertiary/aromatic N) is 2. The van der Waals surface area contributed by atoms with E-state index in [2.05, 4.69) is 49.2 Å². The Kier molecular flexibility index (Phi) is 6.63. The van der Waals surface area contributed by atoms with Crippen LogP contribution in [0.1, 0.15) is 39.3 Å². The molecule has 0 atom stereocenters. The maximum absolute atomic E-state index is 4.70. The molecule has 1 heterocycles. The Morgan fingerprint density at radius 2 is 2.06 bits per heavy atom. The van der Waals surface area contributed by atoms with Crippen LogP contribution in [-0.4, -0.2) is 24.6 Å². The average Bonchev–Trinajstić information content (AvgIpc) is 2.38. The molecular weight excluding hydrogens is 210 g/mol. The van der Waals surface area contributed by atoms with E-state index in [1.165, 1.54) is 12.8 Å². The van der Waals surface area contributed by atoms with Gasteiger partial charge in [-0.25, -0.2) is 4.98 Å². The van der Waals surface area contributed by atoms with Crippen LogP contribution >= 0.6 is 0 Å². The van der Waals surface area contributed by atoms with Crippen molar-refractivity contribution < 1.29 is 0 Å². The number of aromatic nitrogens is 1. The van der Waals surface area contributed by atoms with E-state index in [4.69, 9.17) is 4.98 Å². The van der Waals surface area contributed by atoms with Gasteiger partial charge in [0.15, 0.2) is 0 Å². The van der Waals surface area contributed by atoms with Crippen LogP contribution in [0.15, 0.2) is 18.2 Å². The summed E-state index contributed by atoms with van der Waals surface area (Å²) in [7, 11) is 0. The lowest BCUT2D eigenvalue weighted by molar-refractivity contribution is 0.697. The van der Waals surface area contributed by atoms with Gasteiger partial charge in [0.25, 0.3) is 0 Å². The summed E-state index contributed by atoms with van der Waals surface area (Å²) in [6, 6.07) is 6.29. The van der Waals surface area contributed by atoms with E-state index in [0.717, 1.165) is 37.7 Å². The fourth-order valence-electron chi connectivity index (χ4n) is 1.78. The Balaban J connectivity index is 2.66. The second-order valence-corrected chi connectivity index (χ2v) is 4.20. The van der Waals surface area contributed by atoms with Crippen molar-refractivity contribution in [1.82, 2.24) is 10.3 Å². The SMILES string of the molecule is CCCCN(CC)c1cccc(CNCC)n1. The summed E-state index contributed by atoms with van der Waals surface area (Å²) in [4.78, 5) is 7.04. The standard InChI is InChI=1S/C14H25N3/c1-4-7-11-17(6-3)14-10-8-9-13(16-14)12-15-5-2/h8-10,15H,4-7,11-12H2,1-3H3. The molecule has 0 aliphatic rings. The fourth-order valence-corrected chi connectivity index (χ4v) is 1.78. The lowest BCUT2D eigenvalue weighted by Gasteiger charge is -2.22. The van der Waals surface area contributed by atoms with Crippen LogP contribution in [0.2, 0.25) is 0 Å². The zero-order chi connectivity index (χ0) is 12.5. The minimum absolute atomic E-state index is 0.857. The molecule has 0 unspecified atom stereocenters. The summed E-state index contributed by atoms with van der Waals surface area (Å²) < 4.78 is 0. The number of nitrogens with one attached hydrogen (secondary N) is 1. The van der Waals surface area contributed by atoms with Crippen LogP contribution in [0.25, 0.3) is 0 Å². The van der Waals surface area contributed by atoms with Crippen molar-refractivity contribution in [3.05, 3.63) is 23.9 Å². The molecule has 0 aliphatic carbocycles. The highest BCUT2D eigenvalue weighted by Gasteiger charge is 2.05. The first kappa shape index (κ1) is 14.0. The molecule has 3 heteroatoms. The quantitative estimate of drug-likeness (QED) is 0.751. The number of hydrogen-bond acceptors (Lipinski definition) is 3. The summed E-state index contributed by atoms with van der Waals surface area (Å²) in [5.41, 5.74) is 1.12. The lowest BCUT2D eigenvalue weighted by Crippen LogP contribution is -2.25. The molecule has 1 aromatic heterocycles. The zero-order valence-electron chi connectivity index (χ0n) is 11.4. The molecule has 0 radical (unpaired) electrons. The molecular formula is C14H25N3. The maximum Gasteiger partial charge on any atom is 0.128 e. The van der Waals surface area contributed by atoms with E-state index in [1.807, 2.05) is 0 Å². The molecule has 0 amide bonds. The van der Waals surface area contributed by atoms with Crippen LogP contribution in [0.3, 0.4) is 0 Å². The van der Waals surface area contributed by atoms with Crippen molar-refractivity contribution >= 4 is 5.82 Å². The summed E-state index contributed by atoms with van der Waals surface area (Å²) in [6.07, 6.45) is 2.46. The number of anilines is 1. The molecule has 0 aromatic carbocycles. The third-order valence-electron chi connectivity index (χ3n) is 2.84. The number of pyridine rings is 1. The van der Waals surface area contributed by atoms with Gasteiger partial charge in [-0.2, -0.15) is 0 Å². The van der Waals surface area contributed by atoms with Crippen molar-refractivity contribution in [2.45, 2.75) is 40.2 Å². The molecule has 3 nitrogen and oxygen atoms in total. The van der Waals surface area contributed by atoms with Gasteiger partial charge in [-0.15, -0.1) is 0 Å². The van der Waals surface area contributed by atoms with Crippen LogP contribution in [-0.2, 0) is 6.54 Å². The van der Waals surface area contributed by atoms with Crippen LogP contribution in [0.5, 0.6) is 0 Å². The lowest BCUT2D eigenvalue weighted by atomic mass is 10.3. The second-order valence-electron chi connectivity index (χ2n) is 4.20. The Hall–Kier alpha value is -1.09. The number of unbranched alkanes of at least 4 members (excludes halogenated alkanes) is 1. The molecule has 0 fully saturated rings. The summed E-state index contributed by atoms with van der Waals surface area (Å²) in [5, 5.41) is 3.31. The van der Waals surface area contributed by atoms with Gasteiger partial charge in [0, 0.05) is 19.6 Å². The Bertz CT molecular complexity index is 312. The third kappa shape index (κ3) is 4.73. The highest BCUT2D eigenvalue weighted by molar-refractivity contribution is 5.38. The van der Waals surface area contributed by atoms with Gasteiger partial charge in [-0.3, -0.25) is 0 Å². The van der Waals surface area contributed by atoms with Crippen molar-refractivity contribution in [3.63, 3.8) is 0 Å². The van der Waals surface area contributed by atoms with Crippen LogP contribution < -0.4 is 10.2 Å². The largest absolute Gasteiger partial charge is 0.357 e. The molecule has 0 bridgehead atoms. The Labute approximate surface area is 105 Å². The van der Waals surface area contributed by atoms with Gasteiger partial charge in [-0.1, -0.05) is 26.3 Å². The van der Waals surface area contributed by atoms with E-state index < -0.39 is 0 Å². The molecule has 0 saturated heterocycles. The van der Waals surface area contributed by atoms with Gasteiger partial charge in [0.2, 0.25) is 0 Å². The smallest absolute Gasteiger partial charge is 0.128 e. The van der Waals surface area contributed by atoms with Gasteiger partial charge in [-0.05, 0) is 32.0 Å². The second kappa shape index (κ2) is 8.07. The van der Waals surface area contributed by atoms with E-state index in [9.17, 15) is 0 Å². The first-order valence-corrected chi connectivity index (χ1v) is 6.73. The molecule has 1 rings (SSSR count). The zero-order valence-corrected chi connectivity index (χ0v) is 11.4.